The summed E-state index contributed by atoms with van der Waals surface area (Å²) in [7, 11) is -1.67. The summed E-state index contributed by atoms with van der Waals surface area (Å²) in [5.74, 6) is 0.477. The number of pyridine rings is 1. The predicted octanol–water partition coefficient (Wildman–Crippen LogP) is 6.65. The van der Waals surface area contributed by atoms with Crippen LogP contribution in [0.5, 0.6) is 5.75 Å². The van der Waals surface area contributed by atoms with Crippen molar-refractivity contribution in [1.29, 1.82) is 0 Å². The molecule has 2 bridgehead atoms. The minimum absolute atomic E-state index is 0.0375. The summed E-state index contributed by atoms with van der Waals surface area (Å²) in [6.07, 6.45) is 11.5. The topological polar surface area (TPSA) is 125 Å². The van der Waals surface area contributed by atoms with E-state index in [2.05, 4.69) is 38.5 Å². The number of aliphatic imine (C=N–C) groups is 1. The molecule has 8 rings (SSSR count). The molecule has 1 spiro atoms. The van der Waals surface area contributed by atoms with Gasteiger partial charge in [-0.15, -0.1) is 0 Å². The summed E-state index contributed by atoms with van der Waals surface area (Å²) >= 11 is 6.46. The maximum atomic E-state index is 14.6. The summed E-state index contributed by atoms with van der Waals surface area (Å²) in [6, 6.07) is 11.3. The van der Waals surface area contributed by atoms with Gasteiger partial charge in [-0.2, -0.15) is 4.36 Å². The zero-order valence-corrected chi connectivity index (χ0v) is 31.8. The molecule has 2 aromatic heterocycles. The van der Waals surface area contributed by atoms with Crippen LogP contribution in [0.15, 0.2) is 64.1 Å². The van der Waals surface area contributed by atoms with Crippen molar-refractivity contribution in [3.05, 3.63) is 87.8 Å². The molecule has 3 aromatic rings. The summed E-state index contributed by atoms with van der Waals surface area (Å²) in [4.78, 5) is 38.5. The smallest absolute Gasteiger partial charge is 0.304 e. The second-order valence-corrected chi connectivity index (χ2v) is 17.9. The number of aryl methyl sites for hydroxylation is 1. The molecule has 11 nitrogen and oxygen atoms in total. The third-order valence-electron chi connectivity index (χ3n) is 11.6. The third-order valence-corrected chi connectivity index (χ3v) is 13.8. The van der Waals surface area contributed by atoms with Crippen LogP contribution in [0.3, 0.4) is 0 Å². The van der Waals surface area contributed by atoms with E-state index in [1.54, 1.807) is 31.5 Å². The molecule has 3 aliphatic heterocycles. The van der Waals surface area contributed by atoms with E-state index in [-0.39, 0.29) is 28.9 Å². The number of anilines is 1. The maximum Gasteiger partial charge on any atom is 0.304 e. The van der Waals surface area contributed by atoms with Gasteiger partial charge in [0.15, 0.2) is 11.6 Å². The molecule has 6 atom stereocenters. The average molecular weight is 760 g/mol. The fraction of sp³-hybridized carbons (Fsp3) is 0.500. The van der Waals surface area contributed by atoms with Gasteiger partial charge < -0.3 is 23.7 Å². The molecule has 13 heteroatoms. The lowest BCUT2D eigenvalue weighted by Gasteiger charge is -2.45. The molecule has 2 aliphatic carbocycles. The molecule has 5 aliphatic rings. The average Bonchev–Trinajstić information content (AvgIpc) is 3.51. The Hall–Kier alpha value is -3.84. The van der Waals surface area contributed by atoms with Crippen LogP contribution in [-0.2, 0) is 44.2 Å². The minimum atomic E-state index is -3.43. The van der Waals surface area contributed by atoms with Crippen molar-refractivity contribution in [1.82, 2.24) is 9.55 Å². The van der Waals surface area contributed by atoms with Crippen LogP contribution in [-0.4, -0.2) is 76.4 Å². The Bertz CT molecular complexity index is 2080. The number of allylic oxidation sites excluding steroid dienone is 1. The number of rotatable bonds is 3. The van der Waals surface area contributed by atoms with Gasteiger partial charge >= 0.3 is 5.91 Å². The Balaban J connectivity index is 1.18. The van der Waals surface area contributed by atoms with Gasteiger partial charge in [-0.25, -0.2) is 14.2 Å². The van der Waals surface area contributed by atoms with Gasteiger partial charge in [-0.3, -0.25) is 9.59 Å². The van der Waals surface area contributed by atoms with Crippen LogP contribution in [0, 0.1) is 17.8 Å². The van der Waals surface area contributed by atoms with Crippen molar-refractivity contribution in [3.8, 4) is 5.75 Å². The number of ether oxygens (including phenoxy) is 3. The first-order chi connectivity index (χ1) is 25.6. The van der Waals surface area contributed by atoms with E-state index in [1.165, 1.54) is 11.1 Å². The number of aromatic nitrogens is 2. The lowest BCUT2D eigenvalue weighted by molar-refractivity contribution is 0.0131. The van der Waals surface area contributed by atoms with Crippen molar-refractivity contribution in [2.45, 2.75) is 70.1 Å². The van der Waals surface area contributed by atoms with Crippen molar-refractivity contribution in [2.24, 2.45) is 27.1 Å². The molecule has 5 heterocycles. The van der Waals surface area contributed by atoms with Crippen molar-refractivity contribution < 1.29 is 28.0 Å². The number of benzene rings is 1. The molecule has 1 saturated carbocycles. The highest BCUT2D eigenvalue weighted by molar-refractivity contribution is 8.06. The highest BCUT2D eigenvalue weighted by Crippen LogP contribution is 2.46. The fourth-order valence-corrected chi connectivity index (χ4v) is 10.8. The second-order valence-electron chi connectivity index (χ2n) is 15.4. The van der Waals surface area contributed by atoms with Crippen molar-refractivity contribution >= 4 is 44.5 Å². The predicted molar refractivity (Wildman–Crippen MR) is 205 cm³/mol. The standard InChI is InChI=1S/C40H46ClN5O6S/c1-26-5-3-7-35(50-2)32-10-8-28(32)19-46-23-40(14-4-6-27-17-30(41)9-11-33(27)40)24-52-36-13-12-34(43-37(36)46)39(48)44-53(49,22-26)25-42-38(47)29-18-31-21-51-16-15-45(31)20-29/h3,7,9,11-13,17-18,20,25-26,28,32,35H,4-6,8,10,14-16,19,21-24H2,1-2H3/b7-3+,42-25-/t26-,28-,32+,35-,40-,53?/m0/s1. The van der Waals surface area contributed by atoms with Gasteiger partial charge in [0, 0.05) is 54.8 Å². The lowest BCUT2D eigenvalue weighted by atomic mass is 9.68. The number of fused-ring (bicyclic) bond motifs is 5. The molecule has 1 unspecified atom stereocenters. The van der Waals surface area contributed by atoms with E-state index < -0.39 is 21.5 Å². The number of hydrogen-bond donors (Lipinski definition) is 0. The van der Waals surface area contributed by atoms with Gasteiger partial charge in [-0.05, 0) is 97.7 Å². The number of carbonyl (C=O) groups excluding carboxylic acids is 2. The largest absolute Gasteiger partial charge is 0.489 e. The Morgan fingerprint density at radius 3 is 2.91 bits per heavy atom. The zero-order valence-electron chi connectivity index (χ0n) is 30.2. The quantitative estimate of drug-likeness (QED) is 0.165. The van der Waals surface area contributed by atoms with Crippen LogP contribution < -0.4 is 9.64 Å². The first-order valence-electron chi connectivity index (χ1n) is 18.6. The van der Waals surface area contributed by atoms with Gasteiger partial charge in [0.1, 0.15) is 11.2 Å². The molecular weight excluding hydrogens is 714 g/mol. The molecule has 0 radical (unpaired) electrons. The van der Waals surface area contributed by atoms with Crippen molar-refractivity contribution in [2.75, 3.05) is 44.1 Å². The van der Waals surface area contributed by atoms with Crippen LogP contribution in [0.4, 0.5) is 5.82 Å². The van der Waals surface area contributed by atoms with Gasteiger partial charge in [0.25, 0.3) is 5.91 Å². The molecule has 1 fully saturated rings. The highest BCUT2D eigenvalue weighted by atomic mass is 35.5. The highest BCUT2D eigenvalue weighted by Gasteiger charge is 2.45. The number of carbonyl (C=O) groups is 2. The molecular formula is C40H46ClN5O6S. The third kappa shape index (κ3) is 7.35. The van der Waals surface area contributed by atoms with E-state index in [0.29, 0.717) is 68.3 Å². The van der Waals surface area contributed by atoms with E-state index in [9.17, 15) is 13.8 Å². The maximum absolute atomic E-state index is 14.6. The Morgan fingerprint density at radius 2 is 2.09 bits per heavy atom. The molecule has 0 saturated heterocycles. The van der Waals surface area contributed by atoms with Gasteiger partial charge in [-0.1, -0.05) is 36.7 Å². The van der Waals surface area contributed by atoms with E-state index in [0.717, 1.165) is 54.9 Å². The monoisotopic (exact) mass is 759 g/mol. The zero-order chi connectivity index (χ0) is 36.7. The summed E-state index contributed by atoms with van der Waals surface area (Å²) in [5.41, 5.74) is 4.59. The molecule has 2 amide bonds. The van der Waals surface area contributed by atoms with E-state index in [1.807, 2.05) is 17.6 Å². The summed E-state index contributed by atoms with van der Waals surface area (Å²) < 4.78 is 39.0. The number of halogens is 1. The number of methoxy groups -OCH3 is 1. The molecule has 1 aromatic carbocycles. The normalized spacial score (nSPS) is 30.6. The van der Waals surface area contributed by atoms with Crippen molar-refractivity contribution in [3.63, 3.8) is 0 Å². The van der Waals surface area contributed by atoms with Gasteiger partial charge in [0.05, 0.1) is 41.2 Å². The Morgan fingerprint density at radius 1 is 1.21 bits per heavy atom. The second kappa shape index (κ2) is 14.8. The molecule has 53 heavy (non-hydrogen) atoms. The minimum Gasteiger partial charge on any atom is -0.489 e. The number of amides is 2. The first-order valence-corrected chi connectivity index (χ1v) is 20.8. The van der Waals surface area contributed by atoms with E-state index >= 15 is 0 Å². The summed E-state index contributed by atoms with van der Waals surface area (Å²) in [6.45, 7) is 5.43. The summed E-state index contributed by atoms with van der Waals surface area (Å²) in [5, 5.41) is 0.729. The lowest BCUT2D eigenvalue weighted by Crippen LogP contribution is -2.49. The fourth-order valence-electron chi connectivity index (χ4n) is 8.79. The van der Waals surface area contributed by atoms with Crippen LogP contribution in [0.25, 0.3) is 0 Å². The SMILES string of the molecule is CO[C@H]1/C=C/C[C@H](C)CS(=O)(/C=N\C(=O)c2cc3n(c2)CCOC3)=NC(=O)c2ccc3c(n2)N(C[C@@H]2CC[C@H]21)C[C@@]1(CCCc2cc(Cl)ccc21)CO3. The number of hydrogen-bond acceptors (Lipinski definition) is 8. The molecule has 280 valence electrons. The Labute approximate surface area is 315 Å². The van der Waals surface area contributed by atoms with E-state index in [4.69, 9.17) is 30.8 Å². The number of nitrogens with zero attached hydrogens (tertiary/aromatic N) is 5. The van der Waals surface area contributed by atoms with Crippen LogP contribution in [0.1, 0.15) is 76.7 Å². The van der Waals surface area contributed by atoms with Crippen LogP contribution >= 0.6 is 11.6 Å². The van der Waals surface area contributed by atoms with Crippen LogP contribution in [0.2, 0.25) is 5.02 Å². The Kier molecular flexibility index (Phi) is 10.1. The van der Waals surface area contributed by atoms with Gasteiger partial charge in [0.2, 0.25) is 0 Å². The molecule has 0 N–H and O–H groups in total. The first kappa shape index (κ1) is 36.2.